The van der Waals surface area contributed by atoms with Crippen LogP contribution in [0.3, 0.4) is 0 Å². The highest BCUT2D eigenvalue weighted by molar-refractivity contribution is 6.35. The van der Waals surface area contributed by atoms with Crippen LogP contribution in [0.15, 0.2) is 194 Å². The lowest BCUT2D eigenvalue weighted by Crippen LogP contribution is -2.15. The Bertz CT molecular complexity index is 5210. The van der Waals surface area contributed by atoms with E-state index in [1.54, 1.807) is 0 Å². The summed E-state index contributed by atoms with van der Waals surface area (Å²) < 4.78 is 0. The second-order valence-corrected chi connectivity index (χ2v) is 28.5. The van der Waals surface area contributed by atoms with Crippen molar-refractivity contribution in [2.24, 2.45) is 0 Å². The van der Waals surface area contributed by atoms with Crippen LogP contribution in [0, 0.1) is 6.92 Å². The van der Waals surface area contributed by atoms with Crippen molar-refractivity contribution in [3.63, 3.8) is 0 Å². The fourth-order valence-corrected chi connectivity index (χ4v) is 17.6. The van der Waals surface area contributed by atoms with E-state index in [1.165, 1.54) is 199 Å². The van der Waals surface area contributed by atoms with Crippen molar-refractivity contribution < 1.29 is 0 Å². The van der Waals surface area contributed by atoms with Gasteiger partial charge in [-0.2, -0.15) is 0 Å². The molecule has 0 N–H and O–H groups in total. The van der Waals surface area contributed by atoms with Crippen LogP contribution in [0.2, 0.25) is 0 Å². The Hall–Kier alpha value is -8.84. The Kier molecular flexibility index (Phi) is 10.8. The summed E-state index contributed by atoms with van der Waals surface area (Å²) in [5, 5.41) is 10.4. The molecule has 0 spiro atoms. The van der Waals surface area contributed by atoms with Gasteiger partial charge in [0, 0.05) is 21.7 Å². The molecule has 0 saturated carbocycles. The molecule has 0 saturated heterocycles. The van der Waals surface area contributed by atoms with Gasteiger partial charge in [0.15, 0.2) is 0 Å². The zero-order valence-corrected chi connectivity index (χ0v) is 52.6. The van der Waals surface area contributed by atoms with E-state index in [-0.39, 0.29) is 21.7 Å². The predicted octanol–water partition coefficient (Wildman–Crippen LogP) is 23.6. The fraction of sp³-hybridized carbons (Fsp3) is 0.218. The van der Waals surface area contributed by atoms with Gasteiger partial charge in [-0.1, -0.05) is 227 Å². The van der Waals surface area contributed by atoms with E-state index >= 15 is 0 Å². The molecule has 0 nitrogen and oxygen atoms in total. The van der Waals surface area contributed by atoms with Crippen LogP contribution < -0.4 is 0 Å². The summed E-state index contributed by atoms with van der Waals surface area (Å²) in [4.78, 5) is 0. The highest BCUT2D eigenvalue weighted by Gasteiger charge is 2.42. The summed E-state index contributed by atoms with van der Waals surface area (Å²) in [6, 6.07) is 78.0. The standard InChI is InChI=1S/C87H74/c1-13-49-29-32-62-74(37-49)85(7,8)72-27-19-23-59(81(62)72)53-41-56-40-52(58-22-18-26-71-80(58)61-21-16-17-25-70(61)84(71,5)6)44-68-69-47-55(65-35-48(4)36-77-83(65)64-34-31-51(15-3)39-76(64)87(77,11)12)43-57-42-54(46-67(79(57)69)66(45-53)78(56)68)60-24-20-28-73-82(60)63-33-30-50(14-2)38-75(63)86(73,9)10/h16-47H,13-15H2,1-12H3. The number of aryl methyl sites for hydroxylation is 4. The van der Waals surface area contributed by atoms with Crippen LogP contribution in [0.5, 0.6) is 0 Å². The van der Waals surface area contributed by atoms with Crippen LogP contribution in [-0.4, -0.2) is 0 Å². The molecule has 0 heterocycles. The lowest BCUT2D eigenvalue weighted by Gasteiger charge is -2.24. The first-order chi connectivity index (χ1) is 41.9. The van der Waals surface area contributed by atoms with E-state index < -0.39 is 0 Å². The van der Waals surface area contributed by atoms with E-state index in [0.29, 0.717) is 0 Å². The van der Waals surface area contributed by atoms with Gasteiger partial charge >= 0.3 is 0 Å². The molecule has 0 unspecified atom stereocenters. The second kappa shape index (κ2) is 17.9. The number of hydrogen-bond acceptors (Lipinski definition) is 0. The molecule has 13 aromatic carbocycles. The molecular formula is C87H74. The molecular weight excluding hydrogens is 1040 g/mol. The molecule has 422 valence electrons. The molecule has 0 heteroatoms. The molecule has 0 fully saturated rings. The van der Waals surface area contributed by atoms with E-state index in [1.807, 2.05) is 0 Å². The Morgan fingerprint density at radius 3 is 0.954 bits per heavy atom. The highest BCUT2D eigenvalue weighted by atomic mass is 14.4. The zero-order chi connectivity index (χ0) is 59.5. The van der Waals surface area contributed by atoms with Gasteiger partial charge in [0.25, 0.3) is 0 Å². The third-order valence-electron chi connectivity index (χ3n) is 22.3. The third kappa shape index (κ3) is 7.02. The monoisotopic (exact) mass is 1120 g/mol. The maximum atomic E-state index is 2.60. The number of hydrogen-bond donors (Lipinski definition) is 0. The predicted molar refractivity (Wildman–Crippen MR) is 373 cm³/mol. The van der Waals surface area contributed by atoms with Crippen LogP contribution >= 0.6 is 0 Å². The second-order valence-electron chi connectivity index (χ2n) is 28.5. The Labute approximate surface area is 514 Å². The third-order valence-corrected chi connectivity index (χ3v) is 22.3. The molecule has 0 aromatic heterocycles. The van der Waals surface area contributed by atoms with Crippen LogP contribution in [0.25, 0.3) is 132 Å². The normalized spacial score (nSPS) is 15.6. The summed E-state index contributed by atoms with van der Waals surface area (Å²) in [6.07, 6.45) is 3.05. The minimum absolute atomic E-state index is 0.130. The van der Waals surface area contributed by atoms with Crippen LogP contribution in [0.1, 0.15) is 143 Å². The van der Waals surface area contributed by atoms with Gasteiger partial charge in [0.1, 0.15) is 0 Å². The van der Waals surface area contributed by atoms with Crippen molar-refractivity contribution in [3.05, 3.63) is 261 Å². The first-order valence-electron chi connectivity index (χ1n) is 32.2. The average molecular weight is 1120 g/mol. The molecule has 0 amide bonds. The quantitative estimate of drug-likeness (QED) is 0.110. The van der Waals surface area contributed by atoms with E-state index in [0.717, 1.165) is 19.3 Å². The average Bonchev–Trinajstić information content (AvgIpc) is 1.45. The minimum atomic E-state index is -0.146. The molecule has 17 rings (SSSR count). The van der Waals surface area contributed by atoms with Gasteiger partial charge in [-0.25, -0.2) is 0 Å². The van der Waals surface area contributed by atoms with Gasteiger partial charge in [-0.15, -0.1) is 0 Å². The van der Waals surface area contributed by atoms with Gasteiger partial charge < -0.3 is 0 Å². The number of fused-ring (bicyclic) bond motifs is 14. The summed E-state index contributed by atoms with van der Waals surface area (Å²) >= 11 is 0. The number of rotatable bonds is 7. The molecule has 0 radical (unpaired) electrons. The summed E-state index contributed by atoms with van der Waals surface area (Å²) in [5.74, 6) is 0. The first-order valence-corrected chi connectivity index (χ1v) is 32.2. The molecule has 0 atom stereocenters. The summed E-state index contributed by atoms with van der Waals surface area (Å²) in [7, 11) is 0. The smallest absolute Gasteiger partial charge is 0.0159 e. The minimum Gasteiger partial charge on any atom is -0.0619 e. The number of benzene rings is 13. The SMILES string of the molecule is CCc1ccc2c(c1)C(C)(C)c1cccc(-c3cc4cc(-c5cccc6c5-c5ccccc5C6(C)C)cc5c6cc(-c7cc(C)cc8c7-c7ccc(CC)cc7C8(C)C)cc7cc(-c8cccc9c8-c8ccc(CC)cc8C9(C)C)cc(c(c3)c45)c76)c1-2. The van der Waals surface area contributed by atoms with Crippen molar-refractivity contribution in [2.75, 3.05) is 0 Å². The van der Waals surface area contributed by atoms with Gasteiger partial charge in [0.05, 0.1) is 0 Å². The Morgan fingerprint density at radius 2 is 0.563 bits per heavy atom. The van der Waals surface area contributed by atoms with Crippen molar-refractivity contribution in [2.45, 2.75) is 124 Å². The Balaban J connectivity index is 1.03. The van der Waals surface area contributed by atoms with Gasteiger partial charge in [-0.3, -0.25) is 0 Å². The molecule has 4 aliphatic rings. The molecule has 4 aliphatic carbocycles. The maximum Gasteiger partial charge on any atom is 0.0159 e. The van der Waals surface area contributed by atoms with Crippen molar-refractivity contribution in [1.29, 1.82) is 0 Å². The van der Waals surface area contributed by atoms with Crippen molar-refractivity contribution >= 4 is 43.1 Å². The summed E-state index contributed by atoms with van der Waals surface area (Å²) in [6.45, 7) is 28.6. The van der Waals surface area contributed by atoms with E-state index in [2.05, 4.69) is 277 Å². The topological polar surface area (TPSA) is 0 Å². The fourth-order valence-electron chi connectivity index (χ4n) is 17.6. The lowest BCUT2D eigenvalue weighted by atomic mass is 9.79. The highest BCUT2D eigenvalue weighted by Crippen LogP contribution is 2.59. The molecule has 0 bridgehead atoms. The zero-order valence-electron chi connectivity index (χ0n) is 52.6. The van der Waals surface area contributed by atoms with E-state index in [4.69, 9.17) is 0 Å². The van der Waals surface area contributed by atoms with Gasteiger partial charge in [-0.05, 0) is 268 Å². The van der Waals surface area contributed by atoms with Crippen molar-refractivity contribution in [1.82, 2.24) is 0 Å². The summed E-state index contributed by atoms with van der Waals surface area (Å²) in [5.41, 5.74) is 37.4. The molecule has 13 aromatic rings. The first kappa shape index (κ1) is 52.5. The van der Waals surface area contributed by atoms with E-state index in [9.17, 15) is 0 Å². The van der Waals surface area contributed by atoms with Gasteiger partial charge in [0.2, 0.25) is 0 Å². The van der Waals surface area contributed by atoms with Crippen molar-refractivity contribution in [3.8, 4) is 89.0 Å². The lowest BCUT2D eigenvalue weighted by molar-refractivity contribution is 0.658. The van der Waals surface area contributed by atoms with Crippen LogP contribution in [-0.2, 0) is 40.9 Å². The van der Waals surface area contributed by atoms with Crippen LogP contribution in [0.4, 0.5) is 0 Å². The Morgan fingerprint density at radius 1 is 0.253 bits per heavy atom. The largest absolute Gasteiger partial charge is 0.0619 e. The maximum absolute atomic E-state index is 2.60. The molecule has 0 aliphatic heterocycles. The molecule has 87 heavy (non-hydrogen) atoms.